The van der Waals surface area contributed by atoms with Gasteiger partial charge in [-0.2, -0.15) is 0 Å². The fraction of sp³-hybridized carbons (Fsp3) is 0.333. The molecule has 2 N–H and O–H groups in total. The number of carbonyl (C=O) groups is 2. The smallest absolute Gasteiger partial charge is 0.253 e. The molecule has 34 heavy (non-hydrogen) atoms. The number of hydrogen-bond acceptors (Lipinski definition) is 5. The summed E-state index contributed by atoms with van der Waals surface area (Å²) in [5.41, 5.74) is 2.12. The quantitative estimate of drug-likeness (QED) is 0.350. The van der Waals surface area contributed by atoms with E-state index in [9.17, 15) is 9.59 Å². The molecular weight excluding hydrogens is 493 g/mol. The first-order valence-electron chi connectivity index (χ1n) is 10.9. The standard InChI is InChI=1S/C24H27Cl2N5O2S/c1-5-31-22(21(14(2)3)28-23(33)17-11-10-16(25)12-18(17)26)29-30-24(31)34-13-20(32)27-19-9-7-6-8-15(19)4/h6-12,14,21H,5,13H2,1-4H3,(H,27,32)(H,28,33)/t21-/m0/s1. The van der Waals surface area contributed by atoms with Crippen molar-refractivity contribution in [3.8, 4) is 0 Å². The van der Waals surface area contributed by atoms with Crippen molar-refractivity contribution in [2.24, 2.45) is 5.92 Å². The summed E-state index contributed by atoms with van der Waals surface area (Å²) in [7, 11) is 0. The largest absolute Gasteiger partial charge is 0.342 e. The fourth-order valence-electron chi connectivity index (χ4n) is 3.39. The summed E-state index contributed by atoms with van der Waals surface area (Å²) < 4.78 is 1.92. The highest BCUT2D eigenvalue weighted by Crippen LogP contribution is 2.27. The van der Waals surface area contributed by atoms with Crippen molar-refractivity contribution < 1.29 is 9.59 Å². The first kappa shape index (κ1) is 26.1. The molecule has 0 aliphatic heterocycles. The molecule has 2 amide bonds. The number of anilines is 1. The van der Waals surface area contributed by atoms with Gasteiger partial charge in [0.25, 0.3) is 5.91 Å². The van der Waals surface area contributed by atoms with Gasteiger partial charge in [-0.1, -0.05) is 67.0 Å². The number of aromatic nitrogens is 3. The molecule has 10 heteroatoms. The minimum atomic E-state index is -0.401. The van der Waals surface area contributed by atoms with Crippen molar-refractivity contribution in [3.05, 3.63) is 69.5 Å². The highest BCUT2D eigenvalue weighted by atomic mass is 35.5. The molecule has 0 radical (unpaired) electrons. The first-order chi connectivity index (χ1) is 16.2. The van der Waals surface area contributed by atoms with E-state index in [1.807, 2.05) is 56.5 Å². The lowest BCUT2D eigenvalue weighted by Gasteiger charge is -2.22. The van der Waals surface area contributed by atoms with E-state index >= 15 is 0 Å². The van der Waals surface area contributed by atoms with Crippen LogP contribution in [0.15, 0.2) is 47.6 Å². The molecule has 1 atom stereocenters. The van der Waals surface area contributed by atoms with E-state index in [1.54, 1.807) is 12.1 Å². The Labute approximate surface area is 213 Å². The van der Waals surface area contributed by atoms with Gasteiger partial charge in [0.05, 0.1) is 22.4 Å². The van der Waals surface area contributed by atoms with Crippen LogP contribution in [-0.2, 0) is 11.3 Å². The summed E-state index contributed by atoms with van der Waals surface area (Å²) in [6.07, 6.45) is 0. The van der Waals surface area contributed by atoms with E-state index in [2.05, 4.69) is 20.8 Å². The van der Waals surface area contributed by atoms with Crippen LogP contribution in [0.1, 0.15) is 48.6 Å². The second kappa shape index (κ2) is 11.7. The summed E-state index contributed by atoms with van der Waals surface area (Å²) in [5, 5.41) is 16.0. The molecule has 2 aromatic carbocycles. The van der Waals surface area contributed by atoms with E-state index in [0.717, 1.165) is 11.3 Å². The topological polar surface area (TPSA) is 88.9 Å². The average molecular weight is 520 g/mol. The van der Waals surface area contributed by atoms with Gasteiger partial charge >= 0.3 is 0 Å². The summed E-state index contributed by atoms with van der Waals surface area (Å²) >= 11 is 13.5. The molecule has 0 aliphatic carbocycles. The van der Waals surface area contributed by atoms with Crippen molar-refractivity contribution >= 4 is 52.5 Å². The SMILES string of the molecule is CCn1c(SCC(=O)Nc2ccccc2C)nnc1[C@@H](NC(=O)c1ccc(Cl)cc1Cl)C(C)C. The van der Waals surface area contributed by atoms with Gasteiger partial charge in [0.1, 0.15) is 0 Å². The Balaban J connectivity index is 1.74. The van der Waals surface area contributed by atoms with E-state index < -0.39 is 6.04 Å². The van der Waals surface area contributed by atoms with Crippen LogP contribution >= 0.6 is 35.0 Å². The number of rotatable bonds is 9. The number of benzene rings is 2. The monoisotopic (exact) mass is 519 g/mol. The Hall–Kier alpha value is -2.55. The molecule has 1 aromatic heterocycles. The third-order valence-corrected chi connectivity index (χ3v) is 6.73. The molecule has 0 saturated carbocycles. The Morgan fingerprint density at radius 1 is 1.12 bits per heavy atom. The molecule has 0 aliphatic rings. The number of hydrogen-bond donors (Lipinski definition) is 2. The molecule has 0 bridgehead atoms. The Morgan fingerprint density at radius 3 is 2.50 bits per heavy atom. The summed E-state index contributed by atoms with van der Waals surface area (Å²) in [6, 6.07) is 12.0. The molecule has 7 nitrogen and oxygen atoms in total. The number of thioether (sulfide) groups is 1. The summed E-state index contributed by atoms with van der Waals surface area (Å²) in [4.78, 5) is 25.4. The van der Waals surface area contributed by atoms with Crippen LogP contribution in [0.2, 0.25) is 10.0 Å². The Morgan fingerprint density at radius 2 is 1.85 bits per heavy atom. The molecule has 1 heterocycles. The minimum Gasteiger partial charge on any atom is -0.342 e. The predicted octanol–water partition coefficient (Wildman–Crippen LogP) is 5.77. The molecule has 0 spiro atoms. The van der Waals surface area contributed by atoms with Gasteiger partial charge in [-0.3, -0.25) is 9.59 Å². The van der Waals surface area contributed by atoms with Crippen molar-refractivity contribution in [2.45, 2.75) is 45.4 Å². The van der Waals surface area contributed by atoms with Crippen LogP contribution in [0.4, 0.5) is 5.69 Å². The molecular formula is C24H27Cl2N5O2S. The van der Waals surface area contributed by atoms with Crippen molar-refractivity contribution in [1.29, 1.82) is 0 Å². The molecule has 0 saturated heterocycles. The zero-order valence-electron chi connectivity index (χ0n) is 19.4. The number of nitrogens with one attached hydrogen (secondary N) is 2. The molecule has 3 rings (SSSR count). The van der Waals surface area contributed by atoms with Gasteiger partial charge in [0, 0.05) is 17.3 Å². The van der Waals surface area contributed by atoms with Crippen LogP contribution in [-0.4, -0.2) is 32.3 Å². The van der Waals surface area contributed by atoms with Gasteiger partial charge in [-0.25, -0.2) is 0 Å². The summed E-state index contributed by atoms with van der Waals surface area (Å²) in [6.45, 7) is 8.49. The maximum atomic E-state index is 12.9. The maximum absolute atomic E-state index is 12.9. The summed E-state index contributed by atoms with van der Waals surface area (Å²) in [5.74, 6) is 0.394. The van der Waals surface area contributed by atoms with Gasteiger partial charge in [-0.05, 0) is 49.6 Å². The highest BCUT2D eigenvalue weighted by molar-refractivity contribution is 7.99. The van der Waals surface area contributed by atoms with Crippen LogP contribution in [0.25, 0.3) is 0 Å². The number of para-hydroxylation sites is 1. The molecule has 0 fully saturated rings. The van der Waals surface area contributed by atoms with Crippen LogP contribution in [0, 0.1) is 12.8 Å². The minimum absolute atomic E-state index is 0.0340. The van der Waals surface area contributed by atoms with Crippen molar-refractivity contribution in [1.82, 2.24) is 20.1 Å². The second-order valence-corrected chi connectivity index (χ2v) is 9.84. The van der Waals surface area contributed by atoms with Crippen LogP contribution in [0.3, 0.4) is 0 Å². The highest BCUT2D eigenvalue weighted by Gasteiger charge is 2.27. The predicted molar refractivity (Wildman–Crippen MR) is 138 cm³/mol. The Bertz CT molecular complexity index is 1180. The number of amides is 2. The van der Waals surface area contributed by atoms with Crippen LogP contribution < -0.4 is 10.6 Å². The lowest BCUT2D eigenvalue weighted by molar-refractivity contribution is -0.113. The van der Waals surface area contributed by atoms with E-state index in [1.165, 1.54) is 17.8 Å². The third-order valence-electron chi connectivity index (χ3n) is 5.22. The van der Waals surface area contributed by atoms with Crippen molar-refractivity contribution in [2.75, 3.05) is 11.1 Å². The normalized spacial score (nSPS) is 12.0. The maximum Gasteiger partial charge on any atom is 0.253 e. The zero-order chi connectivity index (χ0) is 24.8. The van der Waals surface area contributed by atoms with E-state index in [-0.39, 0.29) is 28.5 Å². The number of halogens is 2. The average Bonchev–Trinajstić information content (AvgIpc) is 3.19. The van der Waals surface area contributed by atoms with Gasteiger partial charge < -0.3 is 15.2 Å². The van der Waals surface area contributed by atoms with Crippen molar-refractivity contribution in [3.63, 3.8) is 0 Å². The van der Waals surface area contributed by atoms with Gasteiger partial charge in [0.15, 0.2) is 11.0 Å². The fourth-order valence-corrected chi connectivity index (χ4v) is 4.69. The van der Waals surface area contributed by atoms with E-state index in [0.29, 0.717) is 28.1 Å². The molecule has 0 unspecified atom stereocenters. The van der Waals surface area contributed by atoms with Crippen LogP contribution in [0.5, 0.6) is 0 Å². The zero-order valence-corrected chi connectivity index (χ0v) is 21.8. The lowest BCUT2D eigenvalue weighted by Crippen LogP contribution is -2.34. The third kappa shape index (κ3) is 6.31. The number of nitrogens with zero attached hydrogens (tertiary/aromatic N) is 3. The molecule has 3 aromatic rings. The first-order valence-corrected chi connectivity index (χ1v) is 12.6. The Kier molecular flexibility index (Phi) is 8.99. The number of aryl methyl sites for hydroxylation is 1. The lowest BCUT2D eigenvalue weighted by atomic mass is 10.0. The second-order valence-electron chi connectivity index (χ2n) is 8.06. The molecule has 180 valence electrons. The van der Waals surface area contributed by atoms with Gasteiger partial charge in [0.2, 0.25) is 5.91 Å². The van der Waals surface area contributed by atoms with Gasteiger partial charge in [-0.15, -0.1) is 10.2 Å². The number of carbonyl (C=O) groups excluding carboxylic acids is 2. The van der Waals surface area contributed by atoms with E-state index in [4.69, 9.17) is 23.2 Å².